The lowest BCUT2D eigenvalue weighted by Gasteiger charge is -2.27. The summed E-state index contributed by atoms with van der Waals surface area (Å²) >= 11 is 6.49. The summed E-state index contributed by atoms with van der Waals surface area (Å²) in [5.41, 5.74) is 1.89. The molecule has 2 heterocycles. The maximum atomic E-state index is 13.5. The molecular formula is C33H47ClN4O5. The molecule has 1 amide bonds. The zero-order valence-electron chi connectivity index (χ0n) is 26.0. The molecule has 2 aromatic rings. The van der Waals surface area contributed by atoms with E-state index in [9.17, 15) is 14.7 Å². The number of carbonyl (C=O) groups is 2. The van der Waals surface area contributed by atoms with Crippen LogP contribution >= 0.6 is 11.6 Å². The normalized spacial score (nSPS) is 16.2. The second-order valence-corrected chi connectivity index (χ2v) is 13.1. The summed E-state index contributed by atoms with van der Waals surface area (Å²) in [6.45, 7) is 9.59. The topological polar surface area (TPSA) is 113 Å². The predicted octanol–water partition coefficient (Wildman–Crippen LogP) is 5.23. The molecule has 0 radical (unpaired) electrons. The Morgan fingerprint density at radius 3 is 2.65 bits per heavy atom. The van der Waals surface area contributed by atoms with Crippen LogP contribution in [0.5, 0.6) is 5.75 Å². The number of benzene rings is 1. The van der Waals surface area contributed by atoms with Gasteiger partial charge in [-0.25, -0.2) is 9.78 Å². The van der Waals surface area contributed by atoms with Crippen LogP contribution in [0.25, 0.3) is 0 Å². The number of anilines is 1. The summed E-state index contributed by atoms with van der Waals surface area (Å²) in [5, 5.41) is 16.7. The lowest BCUT2D eigenvalue weighted by molar-refractivity contribution is -0.142. The van der Waals surface area contributed by atoms with E-state index < -0.39 is 17.4 Å². The van der Waals surface area contributed by atoms with Crippen LogP contribution in [-0.2, 0) is 32.6 Å². The summed E-state index contributed by atoms with van der Waals surface area (Å²) in [7, 11) is 1.54. The average molecular weight is 615 g/mol. The molecule has 1 aromatic heterocycles. The first-order valence-electron chi connectivity index (χ1n) is 15.5. The van der Waals surface area contributed by atoms with Crippen molar-refractivity contribution in [3.63, 3.8) is 0 Å². The van der Waals surface area contributed by atoms with E-state index >= 15 is 0 Å². The van der Waals surface area contributed by atoms with Crippen molar-refractivity contribution in [2.75, 3.05) is 45.2 Å². The van der Waals surface area contributed by atoms with Gasteiger partial charge in [-0.3, -0.25) is 4.79 Å². The first kappa shape index (κ1) is 33.0. The number of amides is 1. The number of hydrogen-bond donors (Lipinski definition) is 3. The number of unbranched alkanes of at least 4 members (excludes halogenated alkanes) is 1. The van der Waals surface area contributed by atoms with Crippen LogP contribution in [0.2, 0.25) is 5.02 Å². The van der Waals surface area contributed by atoms with Gasteiger partial charge in [0.2, 0.25) is 5.91 Å². The fourth-order valence-corrected chi connectivity index (χ4v) is 6.03. The molecule has 3 N–H and O–H groups in total. The van der Waals surface area contributed by atoms with Crippen LogP contribution in [0.4, 0.5) is 5.82 Å². The maximum absolute atomic E-state index is 13.5. The summed E-state index contributed by atoms with van der Waals surface area (Å²) < 4.78 is 11.5. The molecular weight excluding hydrogens is 568 g/mol. The van der Waals surface area contributed by atoms with Gasteiger partial charge >= 0.3 is 5.97 Å². The van der Waals surface area contributed by atoms with Crippen molar-refractivity contribution in [2.24, 2.45) is 0 Å². The molecule has 43 heavy (non-hydrogen) atoms. The number of rotatable bonds is 16. The van der Waals surface area contributed by atoms with E-state index in [0.717, 1.165) is 56.7 Å². The summed E-state index contributed by atoms with van der Waals surface area (Å²) in [4.78, 5) is 32.8. The Bertz CT molecular complexity index is 1260. The number of fused-ring (bicyclic) bond motifs is 1. The van der Waals surface area contributed by atoms with Gasteiger partial charge in [0.1, 0.15) is 17.6 Å². The van der Waals surface area contributed by atoms with Crippen molar-refractivity contribution in [2.45, 2.75) is 89.2 Å². The van der Waals surface area contributed by atoms with E-state index in [4.69, 9.17) is 26.1 Å². The lowest BCUT2D eigenvalue weighted by Crippen LogP contribution is -2.47. The molecule has 1 aliphatic carbocycles. The van der Waals surface area contributed by atoms with Gasteiger partial charge in [0.05, 0.1) is 24.7 Å². The van der Waals surface area contributed by atoms with Crippen LogP contribution in [0.3, 0.4) is 0 Å². The predicted molar refractivity (Wildman–Crippen MR) is 169 cm³/mol. The van der Waals surface area contributed by atoms with E-state index in [1.54, 1.807) is 25.3 Å². The van der Waals surface area contributed by atoms with Gasteiger partial charge in [-0.1, -0.05) is 23.7 Å². The number of methoxy groups -OCH3 is 1. The van der Waals surface area contributed by atoms with Gasteiger partial charge in [0, 0.05) is 35.9 Å². The number of aliphatic carboxylic acids is 1. The molecule has 1 atom stereocenters. The SMILES string of the molecule is COc1cccc(Cl)c1C1(C(=O)NC(CCN(CCCCc2ccc3c(n2)NCCC3)CCOC(C)(C)C)C(=O)O)CC1. The van der Waals surface area contributed by atoms with E-state index in [2.05, 4.69) is 27.7 Å². The molecule has 9 nitrogen and oxygen atoms in total. The van der Waals surface area contributed by atoms with E-state index in [-0.39, 0.29) is 17.9 Å². The summed E-state index contributed by atoms with van der Waals surface area (Å²) in [6, 6.07) is 8.59. The highest BCUT2D eigenvalue weighted by molar-refractivity contribution is 6.32. The first-order chi connectivity index (χ1) is 20.5. The highest BCUT2D eigenvalue weighted by Crippen LogP contribution is 2.54. The smallest absolute Gasteiger partial charge is 0.326 e. The quantitative estimate of drug-likeness (QED) is 0.220. The zero-order valence-corrected chi connectivity index (χ0v) is 26.8. The molecule has 0 saturated heterocycles. The van der Waals surface area contributed by atoms with Gasteiger partial charge in [-0.2, -0.15) is 0 Å². The second kappa shape index (κ2) is 14.7. The van der Waals surface area contributed by atoms with Crippen LogP contribution in [0.15, 0.2) is 30.3 Å². The minimum Gasteiger partial charge on any atom is -0.496 e. The third kappa shape index (κ3) is 9.06. The van der Waals surface area contributed by atoms with E-state index in [0.29, 0.717) is 48.9 Å². The monoisotopic (exact) mass is 614 g/mol. The Morgan fingerprint density at radius 1 is 1.16 bits per heavy atom. The number of carbonyl (C=O) groups excluding carboxylic acids is 1. The fraction of sp³-hybridized carbons (Fsp3) is 0.606. The highest BCUT2D eigenvalue weighted by atomic mass is 35.5. The summed E-state index contributed by atoms with van der Waals surface area (Å²) in [5.74, 6) is 0.195. The number of nitrogens with zero attached hydrogens (tertiary/aromatic N) is 2. The minimum absolute atomic E-state index is 0.256. The van der Waals surface area contributed by atoms with E-state index in [1.165, 1.54) is 5.56 Å². The number of carboxylic acids is 1. The van der Waals surface area contributed by atoms with Crippen molar-refractivity contribution >= 4 is 29.3 Å². The first-order valence-corrected chi connectivity index (χ1v) is 15.9. The van der Waals surface area contributed by atoms with Crippen molar-refractivity contribution in [1.29, 1.82) is 0 Å². The molecule has 0 bridgehead atoms. The van der Waals surface area contributed by atoms with Crippen molar-refractivity contribution in [1.82, 2.24) is 15.2 Å². The van der Waals surface area contributed by atoms with Gasteiger partial charge < -0.3 is 30.1 Å². The Labute approximate surface area is 260 Å². The number of nitrogens with one attached hydrogen (secondary N) is 2. The Morgan fingerprint density at radius 2 is 1.95 bits per heavy atom. The molecule has 1 aliphatic heterocycles. The van der Waals surface area contributed by atoms with Gasteiger partial charge in [0.25, 0.3) is 0 Å². The molecule has 0 spiro atoms. The molecule has 1 fully saturated rings. The Balaban J connectivity index is 1.34. The van der Waals surface area contributed by atoms with Crippen LogP contribution < -0.4 is 15.4 Å². The fourth-order valence-electron chi connectivity index (χ4n) is 5.69. The Kier molecular flexibility index (Phi) is 11.3. The van der Waals surface area contributed by atoms with Gasteiger partial charge in [-0.15, -0.1) is 0 Å². The molecule has 10 heteroatoms. The van der Waals surface area contributed by atoms with Crippen molar-refractivity contribution < 1.29 is 24.2 Å². The minimum atomic E-state index is -1.05. The van der Waals surface area contributed by atoms with Crippen LogP contribution in [0, 0.1) is 0 Å². The zero-order chi connectivity index (χ0) is 31.0. The van der Waals surface area contributed by atoms with E-state index in [1.807, 2.05) is 20.8 Å². The average Bonchev–Trinajstić information content (AvgIpc) is 3.77. The van der Waals surface area contributed by atoms with Gasteiger partial charge in [0.15, 0.2) is 0 Å². The molecule has 2 aliphatic rings. The lowest BCUT2D eigenvalue weighted by atomic mass is 9.93. The molecule has 236 valence electrons. The van der Waals surface area contributed by atoms with Crippen LogP contribution in [-0.4, -0.2) is 78.4 Å². The number of pyridine rings is 1. The Hall–Kier alpha value is -2.88. The van der Waals surface area contributed by atoms with Gasteiger partial charge in [-0.05, 0) is 102 Å². The third-order valence-corrected chi connectivity index (χ3v) is 8.56. The number of hydrogen-bond acceptors (Lipinski definition) is 7. The number of halogens is 1. The molecule has 4 rings (SSSR count). The highest BCUT2D eigenvalue weighted by Gasteiger charge is 2.54. The molecule has 1 unspecified atom stereocenters. The third-order valence-electron chi connectivity index (χ3n) is 8.25. The number of aromatic nitrogens is 1. The van der Waals surface area contributed by atoms with Crippen molar-refractivity contribution in [3.8, 4) is 5.75 Å². The maximum Gasteiger partial charge on any atom is 0.326 e. The summed E-state index contributed by atoms with van der Waals surface area (Å²) in [6.07, 6.45) is 6.51. The molecule has 1 saturated carbocycles. The number of carboxylic acid groups (broad SMARTS) is 1. The number of aryl methyl sites for hydroxylation is 2. The number of ether oxygens (including phenoxy) is 2. The molecule has 1 aromatic carbocycles. The van der Waals surface area contributed by atoms with Crippen LogP contribution in [0.1, 0.15) is 76.1 Å². The second-order valence-electron chi connectivity index (χ2n) is 12.7. The standard InChI is InChI=1S/C33H47ClN4O5/c1-32(2,3)43-22-21-38(19-6-5-10-24-14-13-23-9-8-18-35-29(23)36-24)20-15-26(30(39)40)37-31(41)33(16-17-33)28-25(34)11-7-12-27(28)42-4/h7,11-14,26H,5-6,8-10,15-22H2,1-4H3,(H,35,36)(H,37,41)(H,39,40). The van der Waals surface area contributed by atoms with Crippen molar-refractivity contribution in [3.05, 3.63) is 52.2 Å². The largest absolute Gasteiger partial charge is 0.496 e.